The zero-order valence-electron chi connectivity index (χ0n) is 15.1. The summed E-state index contributed by atoms with van der Waals surface area (Å²) < 4.78 is 0. The van der Waals surface area contributed by atoms with Crippen molar-refractivity contribution in [2.75, 3.05) is 23.3 Å². The van der Waals surface area contributed by atoms with E-state index in [4.69, 9.17) is 0 Å². The van der Waals surface area contributed by atoms with Crippen molar-refractivity contribution in [3.8, 4) is 5.75 Å². The molecule has 146 valence electrons. The normalized spacial score (nSPS) is 13.4. The summed E-state index contributed by atoms with van der Waals surface area (Å²) in [5.41, 5.74) is 0.647. The van der Waals surface area contributed by atoms with E-state index in [1.807, 2.05) is 4.90 Å². The lowest BCUT2D eigenvalue weighted by Gasteiger charge is -2.21. The minimum absolute atomic E-state index is 0.138. The molecule has 1 aliphatic rings. The van der Waals surface area contributed by atoms with E-state index in [0.29, 0.717) is 5.69 Å². The highest BCUT2D eigenvalue weighted by Gasteiger charge is 2.23. The van der Waals surface area contributed by atoms with Gasteiger partial charge in [0.05, 0.1) is 16.2 Å². The molecule has 9 heteroatoms. The monoisotopic (exact) mass is 385 g/mol. The van der Waals surface area contributed by atoms with Crippen molar-refractivity contribution < 1.29 is 24.7 Å². The van der Waals surface area contributed by atoms with Crippen LogP contribution in [-0.4, -0.2) is 40.1 Å². The van der Waals surface area contributed by atoms with E-state index in [-0.39, 0.29) is 33.8 Å². The van der Waals surface area contributed by atoms with Gasteiger partial charge in [-0.2, -0.15) is 0 Å². The second-order valence-corrected chi connectivity index (χ2v) is 6.60. The summed E-state index contributed by atoms with van der Waals surface area (Å²) in [6.07, 6.45) is 1.94. The first-order valence-corrected chi connectivity index (χ1v) is 8.69. The lowest BCUT2D eigenvalue weighted by atomic mass is 10.1. The first-order valence-electron chi connectivity index (χ1n) is 8.69. The number of benzene rings is 2. The van der Waals surface area contributed by atoms with E-state index in [1.54, 1.807) is 6.07 Å². The van der Waals surface area contributed by atoms with Gasteiger partial charge in [0.15, 0.2) is 0 Å². The molecule has 0 saturated carbocycles. The van der Waals surface area contributed by atoms with Crippen molar-refractivity contribution in [3.63, 3.8) is 0 Å². The van der Waals surface area contributed by atoms with Gasteiger partial charge in [0.2, 0.25) is 0 Å². The molecule has 2 aromatic rings. The van der Waals surface area contributed by atoms with Crippen LogP contribution in [0.1, 0.15) is 39.1 Å². The molecule has 1 heterocycles. The summed E-state index contributed by atoms with van der Waals surface area (Å²) in [7, 11) is 0. The number of amides is 1. The fourth-order valence-corrected chi connectivity index (χ4v) is 3.27. The Balaban J connectivity index is 1.99. The number of rotatable bonds is 5. The summed E-state index contributed by atoms with van der Waals surface area (Å²) in [6, 6.07) is 6.72. The summed E-state index contributed by atoms with van der Waals surface area (Å²) in [4.78, 5) is 36.7. The first-order chi connectivity index (χ1) is 13.3. The van der Waals surface area contributed by atoms with Crippen LogP contribution in [0.25, 0.3) is 0 Å². The fraction of sp³-hybridized carbons (Fsp3) is 0.263. The minimum atomic E-state index is -1.33. The molecule has 3 N–H and O–H groups in total. The molecule has 0 radical (unpaired) electrons. The Morgan fingerprint density at radius 3 is 2.43 bits per heavy atom. The number of aromatic carboxylic acids is 1. The molecule has 0 spiro atoms. The van der Waals surface area contributed by atoms with E-state index in [0.717, 1.165) is 32.0 Å². The van der Waals surface area contributed by atoms with E-state index >= 15 is 0 Å². The molecule has 0 aromatic heterocycles. The molecule has 0 bridgehead atoms. The van der Waals surface area contributed by atoms with Crippen LogP contribution in [0.3, 0.4) is 0 Å². The maximum atomic E-state index is 12.9. The number of non-ortho nitro benzene ring substituents is 1. The molecule has 2 aromatic carbocycles. The van der Waals surface area contributed by atoms with Gasteiger partial charge in [0, 0.05) is 30.9 Å². The highest BCUT2D eigenvalue weighted by Crippen LogP contribution is 2.30. The lowest BCUT2D eigenvalue weighted by Crippen LogP contribution is -2.23. The van der Waals surface area contributed by atoms with Gasteiger partial charge in [-0.15, -0.1) is 0 Å². The summed E-state index contributed by atoms with van der Waals surface area (Å²) in [5, 5.41) is 32.8. The third-order valence-electron chi connectivity index (χ3n) is 4.67. The Labute approximate surface area is 160 Å². The number of hydrogen-bond donors (Lipinski definition) is 3. The van der Waals surface area contributed by atoms with Crippen molar-refractivity contribution in [1.82, 2.24) is 0 Å². The van der Waals surface area contributed by atoms with Gasteiger partial charge in [0.1, 0.15) is 11.3 Å². The number of aryl methyl sites for hydroxylation is 1. The largest absolute Gasteiger partial charge is 0.507 e. The number of aromatic hydroxyl groups is 1. The number of phenols is 1. The molecule has 28 heavy (non-hydrogen) atoms. The van der Waals surface area contributed by atoms with Crippen molar-refractivity contribution in [3.05, 3.63) is 57.1 Å². The first kappa shape index (κ1) is 19.2. The van der Waals surface area contributed by atoms with Crippen LogP contribution in [0.4, 0.5) is 17.1 Å². The Morgan fingerprint density at radius 2 is 1.82 bits per heavy atom. The molecular weight excluding hydrogens is 366 g/mol. The van der Waals surface area contributed by atoms with Gasteiger partial charge in [-0.05, 0) is 43.5 Å². The van der Waals surface area contributed by atoms with Crippen LogP contribution in [0.2, 0.25) is 0 Å². The zero-order valence-corrected chi connectivity index (χ0v) is 15.1. The maximum Gasteiger partial charge on any atom is 0.339 e. The van der Waals surface area contributed by atoms with Crippen LogP contribution in [0.15, 0.2) is 30.3 Å². The Hall–Kier alpha value is -3.62. The SMILES string of the molecule is Cc1cc(NC(=O)c2cc([N+](=O)[O-])ccc2N2CCCC2)cc(C(=O)O)c1O. The van der Waals surface area contributed by atoms with Gasteiger partial charge in [-0.3, -0.25) is 14.9 Å². The standard InChI is InChI=1S/C19H19N3O6/c1-11-8-12(9-15(17(11)23)19(25)26)20-18(24)14-10-13(22(27)28)4-5-16(14)21-6-2-3-7-21/h4-5,8-10,23H,2-3,6-7H2,1H3,(H,20,24)(H,25,26). The molecule has 1 aliphatic heterocycles. The molecule has 0 aliphatic carbocycles. The van der Waals surface area contributed by atoms with Crippen molar-refractivity contribution >= 4 is 28.9 Å². The number of carbonyl (C=O) groups excluding carboxylic acids is 1. The second kappa shape index (κ2) is 7.55. The van der Waals surface area contributed by atoms with E-state index < -0.39 is 16.8 Å². The Kier molecular flexibility index (Phi) is 5.16. The average Bonchev–Trinajstić information content (AvgIpc) is 3.18. The molecule has 9 nitrogen and oxygen atoms in total. The van der Waals surface area contributed by atoms with Gasteiger partial charge in [-0.1, -0.05) is 0 Å². The third kappa shape index (κ3) is 3.73. The molecule has 1 amide bonds. The highest BCUT2D eigenvalue weighted by molar-refractivity contribution is 6.09. The quantitative estimate of drug-likeness (QED) is 0.409. The lowest BCUT2D eigenvalue weighted by molar-refractivity contribution is -0.384. The topological polar surface area (TPSA) is 133 Å². The number of carbonyl (C=O) groups is 2. The number of hydrogen-bond acceptors (Lipinski definition) is 6. The average molecular weight is 385 g/mol. The summed E-state index contributed by atoms with van der Waals surface area (Å²) in [6.45, 7) is 3.01. The minimum Gasteiger partial charge on any atom is -0.507 e. The number of carboxylic acid groups (broad SMARTS) is 1. The zero-order chi connectivity index (χ0) is 20.4. The van der Waals surface area contributed by atoms with Crippen molar-refractivity contribution in [2.45, 2.75) is 19.8 Å². The van der Waals surface area contributed by atoms with Gasteiger partial charge in [0.25, 0.3) is 11.6 Å². The fourth-order valence-electron chi connectivity index (χ4n) is 3.27. The van der Waals surface area contributed by atoms with Crippen molar-refractivity contribution in [1.29, 1.82) is 0 Å². The van der Waals surface area contributed by atoms with Crippen LogP contribution in [0, 0.1) is 17.0 Å². The molecule has 1 fully saturated rings. The number of nitrogens with one attached hydrogen (secondary N) is 1. The smallest absolute Gasteiger partial charge is 0.339 e. The van der Waals surface area contributed by atoms with E-state index in [1.165, 1.54) is 25.1 Å². The molecule has 0 unspecified atom stereocenters. The molecular formula is C19H19N3O6. The Bertz CT molecular complexity index is 966. The molecule has 0 atom stereocenters. The number of anilines is 2. The number of nitrogens with zero attached hydrogens (tertiary/aromatic N) is 2. The van der Waals surface area contributed by atoms with Gasteiger partial charge >= 0.3 is 5.97 Å². The third-order valence-corrected chi connectivity index (χ3v) is 4.67. The second-order valence-electron chi connectivity index (χ2n) is 6.60. The maximum absolute atomic E-state index is 12.9. The Morgan fingerprint density at radius 1 is 1.14 bits per heavy atom. The van der Waals surface area contributed by atoms with Gasteiger partial charge < -0.3 is 20.4 Å². The van der Waals surface area contributed by atoms with E-state index in [9.17, 15) is 29.9 Å². The van der Waals surface area contributed by atoms with Crippen LogP contribution in [-0.2, 0) is 0 Å². The predicted molar refractivity (Wildman–Crippen MR) is 102 cm³/mol. The van der Waals surface area contributed by atoms with Crippen LogP contribution >= 0.6 is 0 Å². The van der Waals surface area contributed by atoms with Crippen LogP contribution in [0.5, 0.6) is 5.75 Å². The number of nitro benzene ring substituents is 1. The van der Waals surface area contributed by atoms with Gasteiger partial charge in [-0.25, -0.2) is 4.79 Å². The highest BCUT2D eigenvalue weighted by atomic mass is 16.6. The molecule has 1 saturated heterocycles. The van der Waals surface area contributed by atoms with Crippen LogP contribution < -0.4 is 10.2 Å². The number of carboxylic acids is 1. The number of nitro groups is 1. The predicted octanol–water partition coefficient (Wildman–Crippen LogP) is 3.16. The van der Waals surface area contributed by atoms with E-state index in [2.05, 4.69) is 5.32 Å². The van der Waals surface area contributed by atoms with Crippen molar-refractivity contribution in [2.24, 2.45) is 0 Å². The summed E-state index contributed by atoms with van der Waals surface area (Å²) in [5.74, 6) is -2.30. The molecule has 3 rings (SSSR count). The summed E-state index contributed by atoms with van der Waals surface area (Å²) >= 11 is 0.